The molecule has 468 valence electrons. The lowest BCUT2D eigenvalue weighted by Crippen LogP contribution is -2.47. The number of phosphoric acid groups is 1. The van der Waals surface area contributed by atoms with Crippen molar-refractivity contribution >= 4 is 19.7 Å². The highest BCUT2D eigenvalue weighted by Crippen LogP contribution is 2.43. The summed E-state index contributed by atoms with van der Waals surface area (Å²) in [5.74, 6) is -0.520. The second-order valence-electron chi connectivity index (χ2n) is 23.6. The Bertz CT molecular complexity index is 1710. The Hall–Kier alpha value is -3.07. The Morgan fingerprint density at radius 3 is 1.21 bits per heavy atom. The van der Waals surface area contributed by atoms with E-state index in [4.69, 9.17) is 13.8 Å². The van der Waals surface area contributed by atoms with Gasteiger partial charge in [-0.25, -0.2) is 4.57 Å². The van der Waals surface area contributed by atoms with Crippen molar-refractivity contribution in [1.82, 2.24) is 5.32 Å². The maximum absolute atomic E-state index is 13.6. The number of hydrogen-bond acceptors (Lipinski definition) is 6. The van der Waals surface area contributed by atoms with Crippen LogP contribution in [0.4, 0.5) is 0 Å². The van der Waals surface area contributed by atoms with Crippen molar-refractivity contribution < 1.29 is 37.3 Å². The highest BCUT2D eigenvalue weighted by atomic mass is 31.2. The molecule has 10 heteroatoms. The first-order valence-electron chi connectivity index (χ1n) is 33.6. The van der Waals surface area contributed by atoms with E-state index in [2.05, 4.69) is 111 Å². The van der Waals surface area contributed by atoms with Gasteiger partial charge in [0.2, 0.25) is 5.91 Å². The molecule has 3 unspecified atom stereocenters. The number of ether oxygens (including phenoxy) is 1. The van der Waals surface area contributed by atoms with Crippen LogP contribution in [0.15, 0.2) is 97.2 Å². The molecule has 2 N–H and O–H groups in total. The first-order valence-corrected chi connectivity index (χ1v) is 35.1. The Morgan fingerprint density at radius 1 is 0.444 bits per heavy atom. The lowest BCUT2D eigenvalue weighted by molar-refractivity contribution is -0.870. The summed E-state index contributed by atoms with van der Waals surface area (Å²) in [6, 6.07) is -0.861. The van der Waals surface area contributed by atoms with Gasteiger partial charge >= 0.3 is 13.8 Å². The Labute approximate surface area is 500 Å². The minimum absolute atomic E-state index is 0.0336. The van der Waals surface area contributed by atoms with Gasteiger partial charge in [0.05, 0.1) is 33.8 Å². The van der Waals surface area contributed by atoms with E-state index in [0.29, 0.717) is 17.4 Å². The molecule has 0 aromatic rings. The smallest absolute Gasteiger partial charge is 0.456 e. The van der Waals surface area contributed by atoms with Gasteiger partial charge in [-0.1, -0.05) is 266 Å². The van der Waals surface area contributed by atoms with Crippen molar-refractivity contribution in [3.05, 3.63) is 97.2 Å². The average molecular weight is 1150 g/mol. The number of nitrogens with one attached hydrogen (secondary N) is 1. The number of quaternary nitrogens is 1. The van der Waals surface area contributed by atoms with Crippen molar-refractivity contribution in [3.63, 3.8) is 0 Å². The van der Waals surface area contributed by atoms with Gasteiger partial charge in [-0.05, 0) is 109 Å². The highest BCUT2D eigenvalue weighted by molar-refractivity contribution is 7.47. The number of carbonyl (C=O) groups is 2. The third-order valence-electron chi connectivity index (χ3n) is 14.5. The summed E-state index contributed by atoms with van der Waals surface area (Å²) in [6.07, 6.45) is 81.2. The molecule has 0 aliphatic carbocycles. The van der Waals surface area contributed by atoms with Gasteiger partial charge in [-0.15, -0.1) is 0 Å². The molecule has 0 saturated heterocycles. The van der Waals surface area contributed by atoms with Crippen molar-refractivity contribution in [2.75, 3.05) is 40.9 Å². The van der Waals surface area contributed by atoms with E-state index in [9.17, 15) is 19.0 Å². The molecule has 81 heavy (non-hydrogen) atoms. The number of allylic oxidation sites excluding steroid dienone is 15. The van der Waals surface area contributed by atoms with Crippen LogP contribution in [0.25, 0.3) is 0 Å². The average Bonchev–Trinajstić information content (AvgIpc) is 3.43. The van der Waals surface area contributed by atoms with Gasteiger partial charge in [-0.3, -0.25) is 18.6 Å². The van der Waals surface area contributed by atoms with Crippen molar-refractivity contribution in [3.8, 4) is 0 Å². The normalized spacial score (nSPS) is 14.2. The summed E-state index contributed by atoms with van der Waals surface area (Å²) in [5, 5.41) is 3.06. The monoisotopic (exact) mass is 1150 g/mol. The van der Waals surface area contributed by atoms with Crippen LogP contribution in [0.1, 0.15) is 290 Å². The largest absolute Gasteiger partial charge is 0.472 e. The molecule has 0 aliphatic heterocycles. The van der Waals surface area contributed by atoms with Gasteiger partial charge in [0.1, 0.15) is 19.3 Å². The summed E-state index contributed by atoms with van der Waals surface area (Å²) in [4.78, 5) is 37.8. The van der Waals surface area contributed by atoms with Crippen LogP contribution >= 0.6 is 7.82 Å². The number of unbranched alkanes of at least 4 members (excludes halogenated alkanes) is 30. The molecule has 0 aromatic carbocycles. The van der Waals surface area contributed by atoms with Crippen LogP contribution in [-0.2, 0) is 27.9 Å². The second-order valence-corrected chi connectivity index (χ2v) is 25.1. The zero-order valence-corrected chi connectivity index (χ0v) is 54.4. The predicted molar refractivity (Wildman–Crippen MR) is 350 cm³/mol. The van der Waals surface area contributed by atoms with Crippen molar-refractivity contribution in [2.45, 2.75) is 303 Å². The van der Waals surface area contributed by atoms with Crippen LogP contribution in [0.3, 0.4) is 0 Å². The summed E-state index contributed by atoms with van der Waals surface area (Å²) in [7, 11) is 1.48. The summed E-state index contributed by atoms with van der Waals surface area (Å²) in [5.41, 5.74) is 0. The van der Waals surface area contributed by atoms with E-state index in [1.54, 1.807) is 0 Å². The molecule has 0 heterocycles. The topological polar surface area (TPSA) is 111 Å². The van der Waals surface area contributed by atoms with Gasteiger partial charge in [-0.2, -0.15) is 0 Å². The third-order valence-corrected chi connectivity index (χ3v) is 15.5. The van der Waals surface area contributed by atoms with E-state index >= 15 is 0 Å². The molecule has 0 rings (SSSR count). The predicted octanol–water partition coefficient (Wildman–Crippen LogP) is 21.1. The Kier molecular flexibility index (Phi) is 57.8. The van der Waals surface area contributed by atoms with E-state index in [1.807, 2.05) is 33.3 Å². The van der Waals surface area contributed by atoms with Gasteiger partial charge in [0, 0.05) is 12.8 Å². The van der Waals surface area contributed by atoms with Gasteiger partial charge < -0.3 is 19.4 Å². The Balaban J connectivity index is 5.14. The maximum atomic E-state index is 13.6. The number of phosphoric ester groups is 1. The minimum Gasteiger partial charge on any atom is -0.456 e. The maximum Gasteiger partial charge on any atom is 0.472 e. The number of amides is 1. The summed E-state index contributed by atoms with van der Waals surface area (Å²) in [6.45, 7) is 6.87. The zero-order valence-electron chi connectivity index (χ0n) is 53.5. The second kappa shape index (κ2) is 60.1. The molecular weight excluding hydrogens is 1020 g/mol. The molecule has 1 amide bonds. The van der Waals surface area contributed by atoms with Crippen molar-refractivity contribution in [1.29, 1.82) is 0 Å². The number of esters is 1. The standard InChI is InChI=1S/C71H127N2O7P/c1-7-10-13-16-19-22-25-27-29-31-33-35-36-38-39-41-43-45-48-51-54-57-60-63-70(74)72-68(67-79-81(76,77)78-66-65-73(4,5)6)69(62-59-56-53-50-47-24-21-18-15-12-9-3)80-71(75)64-61-58-55-52-49-46-44-42-40-37-34-32-30-28-26-23-20-17-14-11-8-2/h10,13,19-20,22-23,27-30,33,35,38-39,59,62,68-69H,7-9,11-12,14-18,21,24-26,31-32,34,36-37,40-58,60-61,63-67H2,1-6H3,(H-,72,74,76,77)/p+1/b13-10-,22-19-,23-20-,29-27-,30-28-,35-33-,39-38-,62-59+. The number of carbonyl (C=O) groups excluding carboxylic acids is 2. The van der Waals surface area contributed by atoms with Gasteiger partial charge in [0.15, 0.2) is 0 Å². The minimum atomic E-state index is -4.46. The summed E-state index contributed by atoms with van der Waals surface area (Å²) < 4.78 is 30.8. The number of rotatable bonds is 60. The quantitative estimate of drug-likeness (QED) is 0.0205. The molecule has 9 nitrogen and oxygen atoms in total. The van der Waals surface area contributed by atoms with E-state index in [0.717, 1.165) is 109 Å². The molecule has 0 bridgehead atoms. The lowest BCUT2D eigenvalue weighted by Gasteiger charge is -2.27. The van der Waals surface area contributed by atoms with Crippen LogP contribution in [0.5, 0.6) is 0 Å². The Morgan fingerprint density at radius 2 is 0.790 bits per heavy atom. The molecule has 0 aromatic heterocycles. The number of nitrogens with zero attached hydrogens (tertiary/aromatic N) is 1. The fraction of sp³-hybridized carbons (Fsp3) is 0.746. The number of hydrogen-bond donors (Lipinski definition) is 2. The molecule has 3 atom stereocenters. The van der Waals surface area contributed by atoms with Crippen molar-refractivity contribution in [2.24, 2.45) is 0 Å². The fourth-order valence-electron chi connectivity index (χ4n) is 9.35. The van der Waals surface area contributed by atoms with Crippen LogP contribution in [0, 0.1) is 0 Å². The van der Waals surface area contributed by atoms with Crippen LogP contribution in [0.2, 0.25) is 0 Å². The molecule has 0 saturated carbocycles. The van der Waals surface area contributed by atoms with Crippen LogP contribution in [-0.4, -0.2) is 74.3 Å². The molecule has 0 spiro atoms. The van der Waals surface area contributed by atoms with E-state index in [-0.39, 0.29) is 31.5 Å². The molecule has 0 fully saturated rings. The molecular formula is C71H128N2O7P+. The highest BCUT2D eigenvalue weighted by Gasteiger charge is 2.30. The fourth-order valence-corrected chi connectivity index (χ4v) is 10.1. The SMILES string of the molecule is CC/C=C\C/C=C\C/C=C\C/C=C\C/C=C\CCCCCCCCCC(=O)NC(COP(=O)(O)OCC[N+](C)(C)C)C(/C=C/CCCCCCCCCCC)OC(=O)CCCCCCCCCCCCC/C=C\C/C=C\CCCCC. The molecule has 0 radical (unpaired) electrons. The zero-order chi connectivity index (χ0) is 59.3. The lowest BCUT2D eigenvalue weighted by atomic mass is 10.0. The van der Waals surface area contributed by atoms with E-state index in [1.165, 1.54) is 148 Å². The first-order chi connectivity index (χ1) is 39.4. The molecule has 0 aliphatic rings. The van der Waals surface area contributed by atoms with E-state index < -0.39 is 20.0 Å². The van der Waals surface area contributed by atoms with Gasteiger partial charge in [0.25, 0.3) is 0 Å². The van der Waals surface area contributed by atoms with Crippen LogP contribution < -0.4 is 5.32 Å². The third kappa shape index (κ3) is 61.3. The number of likely N-dealkylation sites (N-methyl/N-ethyl adjacent to an activating group) is 1. The first kappa shape index (κ1) is 77.9. The summed E-state index contributed by atoms with van der Waals surface area (Å²) >= 11 is 0.